The summed E-state index contributed by atoms with van der Waals surface area (Å²) in [4.78, 5) is 3.78. The second kappa shape index (κ2) is 15.1. The lowest BCUT2D eigenvalue weighted by atomic mass is 10.2. The fourth-order valence-corrected chi connectivity index (χ4v) is 1.44. The summed E-state index contributed by atoms with van der Waals surface area (Å²) in [5, 5.41) is 3.46. The van der Waals surface area contributed by atoms with Crippen LogP contribution in [0.25, 0.3) is 0 Å². The van der Waals surface area contributed by atoms with E-state index in [1.807, 2.05) is 18.2 Å². The van der Waals surface area contributed by atoms with E-state index in [0.717, 1.165) is 0 Å². The van der Waals surface area contributed by atoms with Crippen LogP contribution in [0.15, 0.2) is 30.6 Å². The van der Waals surface area contributed by atoms with Crippen molar-refractivity contribution in [1.82, 2.24) is 10.3 Å². The van der Waals surface area contributed by atoms with Crippen molar-refractivity contribution >= 4 is 0 Å². The van der Waals surface area contributed by atoms with E-state index in [9.17, 15) is 0 Å². The summed E-state index contributed by atoms with van der Waals surface area (Å²) in [6.07, 6.45) is 11.6. The second-order valence-electron chi connectivity index (χ2n) is 4.19. The third-order valence-electron chi connectivity index (χ3n) is 2.48. The van der Waals surface area contributed by atoms with Gasteiger partial charge in [0.1, 0.15) is 0 Å². The van der Waals surface area contributed by atoms with Gasteiger partial charge in [0.25, 0.3) is 0 Å². The van der Waals surface area contributed by atoms with Crippen LogP contribution in [0.4, 0.5) is 0 Å². The molecule has 1 aromatic rings. The number of hydrogen-bond acceptors (Lipinski definition) is 2. The Morgan fingerprint density at radius 3 is 1.59 bits per heavy atom. The zero-order chi connectivity index (χ0) is 12.6. The molecule has 0 unspecified atom stereocenters. The van der Waals surface area contributed by atoms with E-state index in [1.54, 1.807) is 12.4 Å². The molecule has 17 heavy (non-hydrogen) atoms. The van der Waals surface area contributed by atoms with Gasteiger partial charge in [0.15, 0.2) is 0 Å². The molecule has 0 bridgehead atoms. The van der Waals surface area contributed by atoms with Crippen LogP contribution in [0.2, 0.25) is 0 Å². The normalized spacial score (nSPS) is 9.53. The quantitative estimate of drug-likeness (QED) is 0.689. The Kier molecular flexibility index (Phi) is 14.3. The van der Waals surface area contributed by atoms with Gasteiger partial charge in [-0.3, -0.25) is 4.98 Å². The summed E-state index contributed by atoms with van der Waals surface area (Å²) in [6, 6.07) is 5.72. The number of nitrogens with one attached hydrogen (secondary N) is 1. The molecule has 1 N–H and O–H groups in total. The lowest BCUT2D eigenvalue weighted by Crippen LogP contribution is -2.16. The average molecular weight is 236 g/mol. The fraction of sp³-hybridized carbons (Fsp3) is 0.667. The number of unbranched alkanes of at least 4 members (excludes halogenated alkanes) is 4. The molecule has 1 rings (SSSR count). The van der Waals surface area contributed by atoms with Gasteiger partial charge in [0.05, 0.1) is 0 Å². The molecule has 0 atom stereocenters. The summed E-state index contributed by atoms with van der Waals surface area (Å²) in [5.74, 6) is 0. The Bertz CT molecular complexity index is 177. The molecule has 1 aromatic heterocycles. The second-order valence-corrected chi connectivity index (χ2v) is 4.19. The highest BCUT2D eigenvalue weighted by Gasteiger charge is 1.87. The number of nitrogens with zero attached hydrogens (tertiary/aromatic N) is 1. The van der Waals surface area contributed by atoms with Crippen LogP contribution >= 0.6 is 0 Å². The zero-order valence-corrected chi connectivity index (χ0v) is 11.5. The largest absolute Gasteiger partial charge is 0.317 e. The molecule has 2 nitrogen and oxygen atoms in total. The maximum atomic E-state index is 3.78. The molecular weight excluding hydrogens is 208 g/mol. The topological polar surface area (TPSA) is 24.9 Å². The molecule has 0 fully saturated rings. The zero-order valence-electron chi connectivity index (χ0n) is 11.5. The third kappa shape index (κ3) is 15.1. The molecule has 1 heterocycles. The van der Waals surface area contributed by atoms with Gasteiger partial charge in [0, 0.05) is 12.4 Å². The molecule has 0 aliphatic carbocycles. The maximum absolute atomic E-state index is 3.78. The summed E-state index contributed by atoms with van der Waals surface area (Å²) in [5.41, 5.74) is 0. The van der Waals surface area contributed by atoms with E-state index in [4.69, 9.17) is 0 Å². The molecule has 0 saturated carbocycles. The smallest absolute Gasteiger partial charge is 0.0267 e. The first-order chi connectivity index (χ1) is 8.41. The van der Waals surface area contributed by atoms with Crippen molar-refractivity contribution in [1.29, 1.82) is 0 Å². The molecule has 0 spiro atoms. The van der Waals surface area contributed by atoms with Crippen LogP contribution in [-0.4, -0.2) is 18.1 Å². The van der Waals surface area contributed by atoms with Crippen molar-refractivity contribution < 1.29 is 0 Å². The minimum atomic E-state index is 1.22. The number of rotatable bonds is 8. The van der Waals surface area contributed by atoms with Gasteiger partial charge < -0.3 is 5.32 Å². The summed E-state index contributed by atoms with van der Waals surface area (Å²) < 4.78 is 0. The summed E-state index contributed by atoms with van der Waals surface area (Å²) in [6.45, 7) is 6.93. The van der Waals surface area contributed by atoms with Crippen molar-refractivity contribution in [3.05, 3.63) is 30.6 Å². The van der Waals surface area contributed by atoms with Crippen LogP contribution < -0.4 is 5.32 Å². The van der Waals surface area contributed by atoms with Gasteiger partial charge >= 0.3 is 0 Å². The Balaban J connectivity index is 0.000000354. The SMILES string of the molecule is CCCCCNCCCCC.c1ccncc1. The van der Waals surface area contributed by atoms with Crippen molar-refractivity contribution in [3.63, 3.8) is 0 Å². The van der Waals surface area contributed by atoms with Crippen molar-refractivity contribution in [2.45, 2.75) is 52.4 Å². The molecule has 0 aliphatic heterocycles. The number of hydrogen-bond donors (Lipinski definition) is 1. The lowest BCUT2D eigenvalue weighted by molar-refractivity contribution is 0.583. The molecule has 0 aromatic carbocycles. The standard InChI is InChI=1S/C10H23N.C5H5N/c1-3-5-7-9-11-10-8-6-4-2;1-2-4-6-5-3-1/h11H,3-10H2,1-2H3;1-5H. The van der Waals surface area contributed by atoms with Crippen molar-refractivity contribution in [2.75, 3.05) is 13.1 Å². The first kappa shape index (κ1) is 16.1. The molecule has 98 valence electrons. The minimum Gasteiger partial charge on any atom is -0.317 e. The predicted octanol–water partition coefficient (Wildman–Crippen LogP) is 4.04. The van der Waals surface area contributed by atoms with Crippen LogP contribution in [0.5, 0.6) is 0 Å². The third-order valence-corrected chi connectivity index (χ3v) is 2.48. The Hall–Kier alpha value is -0.890. The Morgan fingerprint density at radius 1 is 0.765 bits per heavy atom. The minimum absolute atomic E-state index is 1.22. The van der Waals surface area contributed by atoms with E-state index in [-0.39, 0.29) is 0 Å². The van der Waals surface area contributed by atoms with Crippen molar-refractivity contribution in [3.8, 4) is 0 Å². The molecule has 0 aliphatic rings. The Morgan fingerprint density at radius 2 is 1.29 bits per heavy atom. The summed E-state index contributed by atoms with van der Waals surface area (Å²) in [7, 11) is 0. The molecule has 0 radical (unpaired) electrons. The lowest BCUT2D eigenvalue weighted by Gasteiger charge is -2.02. The van der Waals surface area contributed by atoms with E-state index in [1.165, 1.54) is 51.6 Å². The van der Waals surface area contributed by atoms with E-state index in [2.05, 4.69) is 24.1 Å². The van der Waals surface area contributed by atoms with Gasteiger partial charge in [-0.25, -0.2) is 0 Å². The first-order valence-electron chi connectivity index (χ1n) is 6.97. The average Bonchev–Trinajstić information content (AvgIpc) is 2.41. The highest BCUT2D eigenvalue weighted by Crippen LogP contribution is 1.93. The van der Waals surface area contributed by atoms with E-state index in [0.29, 0.717) is 0 Å². The molecular formula is C15H28N2. The first-order valence-corrected chi connectivity index (χ1v) is 6.97. The van der Waals surface area contributed by atoms with Crippen molar-refractivity contribution in [2.24, 2.45) is 0 Å². The number of aromatic nitrogens is 1. The molecule has 0 amide bonds. The molecule has 2 heteroatoms. The van der Waals surface area contributed by atoms with Crippen LogP contribution in [0.3, 0.4) is 0 Å². The van der Waals surface area contributed by atoms with E-state index >= 15 is 0 Å². The predicted molar refractivity (Wildman–Crippen MR) is 76.2 cm³/mol. The number of pyridine rings is 1. The highest BCUT2D eigenvalue weighted by atomic mass is 14.8. The van der Waals surface area contributed by atoms with Gasteiger partial charge in [0.2, 0.25) is 0 Å². The van der Waals surface area contributed by atoms with Crippen LogP contribution in [0, 0.1) is 0 Å². The maximum Gasteiger partial charge on any atom is 0.0267 e. The monoisotopic (exact) mass is 236 g/mol. The molecule has 0 saturated heterocycles. The summed E-state index contributed by atoms with van der Waals surface area (Å²) >= 11 is 0. The Labute approximate surface area is 107 Å². The fourth-order valence-electron chi connectivity index (χ4n) is 1.44. The van der Waals surface area contributed by atoms with Gasteiger partial charge in [-0.15, -0.1) is 0 Å². The van der Waals surface area contributed by atoms with Gasteiger partial charge in [-0.1, -0.05) is 45.6 Å². The van der Waals surface area contributed by atoms with Gasteiger partial charge in [-0.05, 0) is 38.1 Å². The highest BCUT2D eigenvalue weighted by molar-refractivity contribution is 4.88. The van der Waals surface area contributed by atoms with Crippen LogP contribution in [-0.2, 0) is 0 Å². The van der Waals surface area contributed by atoms with Gasteiger partial charge in [-0.2, -0.15) is 0 Å². The van der Waals surface area contributed by atoms with Crippen LogP contribution in [0.1, 0.15) is 52.4 Å². The van der Waals surface area contributed by atoms with E-state index < -0.39 is 0 Å².